The summed E-state index contributed by atoms with van der Waals surface area (Å²) in [4.78, 5) is 30.0. The van der Waals surface area contributed by atoms with Crippen molar-refractivity contribution in [2.45, 2.75) is 62.4 Å². The van der Waals surface area contributed by atoms with E-state index in [2.05, 4.69) is 17.0 Å². The van der Waals surface area contributed by atoms with Crippen molar-refractivity contribution in [1.29, 1.82) is 0 Å². The molecule has 2 N–H and O–H groups in total. The van der Waals surface area contributed by atoms with Crippen molar-refractivity contribution in [3.05, 3.63) is 35.9 Å². The molecule has 4 aliphatic rings. The summed E-state index contributed by atoms with van der Waals surface area (Å²) in [7, 11) is 0. The van der Waals surface area contributed by atoms with Crippen LogP contribution in [0.4, 0.5) is 0 Å². The molecule has 27 heavy (non-hydrogen) atoms. The van der Waals surface area contributed by atoms with Crippen molar-refractivity contribution < 1.29 is 9.59 Å². The lowest BCUT2D eigenvalue weighted by molar-refractivity contribution is -0.145. The summed E-state index contributed by atoms with van der Waals surface area (Å²) >= 11 is 0. The molecule has 1 aromatic carbocycles. The Bertz CT molecular complexity index is 746. The number of amides is 2. The SMILES string of the molecule is NC1(C(=O)N2CCC3(CC2)C[C@@H](c2ccccc2)C(=O)N(C2CC2)C3)CC1. The lowest BCUT2D eigenvalue weighted by atomic mass is 9.67. The van der Waals surface area contributed by atoms with Gasteiger partial charge in [-0.15, -0.1) is 0 Å². The summed E-state index contributed by atoms with van der Waals surface area (Å²) < 4.78 is 0. The number of benzene rings is 1. The molecule has 2 amide bonds. The zero-order chi connectivity index (χ0) is 18.6. The quantitative estimate of drug-likeness (QED) is 0.891. The van der Waals surface area contributed by atoms with Crippen molar-refractivity contribution >= 4 is 11.8 Å². The Balaban J connectivity index is 1.36. The molecule has 0 radical (unpaired) electrons. The Labute approximate surface area is 160 Å². The second kappa shape index (κ2) is 6.06. The van der Waals surface area contributed by atoms with Crippen LogP contribution in [0.25, 0.3) is 0 Å². The molecule has 5 heteroatoms. The molecular formula is C22H29N3O2. The smallest absolute Gasteiger partial charge is 0.242 e. The summed E-state index contributed by atoms with van der Waals surface area (Å²) in [5.74, 6) is 0.418. The molecule has 2 aliphatic carbocycles. The fourth-order valence-electron chi connectivity index (χ4n) is 5.08. The van der Waals surface area contributed by atoms with Crippen LogP contribution in [0.2, 0.25) is 0 Å². The molecule has 1 aromatic rings. The summed E-state index contributed by atoms with van der Waals surface area (Å²) in [5, 5.41) is 0. The van der Waals surface area contributed by atoms with E-state index in [0.717, 1.165) is 70.1 Å². The molecule has 0 unspecified atom stereocenters. The maximum atomic E-state index is 13.2. The van der Waals surface area contributed by atoms with Gasteiger partial charge in [0.2, 0.25) is 11.8 Å². The van der Waals surface area contributed by atoms with Crippen LogP contribution in [0, 0.1) is 5.41 Å². The Hall–Kier alpha value is -1.88. The number of carbonyl (C=O) groups excluding carboxylic acids is 2. The highest BCUT2D eigenvalue weighted by Gasteiger charge is 2.52. The van der Waals surface area contributed by atoms with Gasteiger partial charge < -0.3 is 15.5 Å². The molecule has 2 saturated carbocycles. The van der Waals surface area contributed by atoms with Gasteiger partial charge in [0, 0.05) is 25.7 Å². The average molecular weight is 367 g/mol. The van der Waals surface area contributed by atoms with Crippen LogP contribution in [-0.4, -0.2) is 52.8 Å². The number of carbonyl (C=O) groups is 2. The van der Waals surface area contributed by atoms with E-state index in [-0.39, 0.29) is 17.2 Å². The van der Waals surface area contributed by atoms with Crippen molar-refractivity contribution in [2.75, 3.05) is 19.6 Å². The predicted octanol–water partition coefficient (Wildman–Crippen LogP) is 2.26. The number of likely N-dealkylation sites (tertiary alicyclic amines) is 2. The molecule has 0 bridgehead atoms. The maximum Gasteiger partial charge on any atom is 0.242 e. The fourth-order valence-corrected chi connectivity index (χ4v) is 5.08. The minimum atomic E-state index is -0.570. The van der Waals surface area contributed by atoms with E-state index in [1.807, 2.05) is 23.1 Å². The third kappa shape index (κ3) is 3.06. The first kappa shape index (κ1) is 17.2. The predicted molar refractivity (Wildman–Crippen MR) is 103 cm³/mol. The van der Waals surface area contributed by atoms with Crippen LogP contribution in [0.5, 0.6) is 0 Å². The van der Waals surface area contributed by atoms with E-state index >= 15 is 0 Å². The minimum absolute atomic E-state index is 0.0351. The number of nitrogens with zero attached hydrogens (tertiary/aromatic N) is 2. The van der Waals surface area contributed by atoms with E-state index in [0.29, 0.717) is 11.9 Å². The fraction of sp³-hybridized carbons (Fsp3) is 0.636. The molecular weight excluding hydrogens is 338 g/mol. The molecule has 5 nitrogen and oxygen atoms in total. The standard InChI is InChI=1S/C22H29N3O2/c23-22(8-9-22)20(27)24-12-10-21(11-13-24)14-18(16-4-2-1-3-5-16)19(26)25(15-21)17-6-7-17/h1-5,17-18H,6-15,23H2/t18-/m0/s1. The number of hydrogen-bond donors (Lipinski definition) is 1. The lowest BCUT2D eigenvalue weighted by Gasteiger charge is -2.50. The largest absolute Gasteiger partial charge is 0.341 e. The highest BCUT2D eigenvalue weighted by molar-refractivity contribution is 5.89. The normalized spacial score (nSPS) is 29.1. The zero-order valence-electron chi connectivity index (χ0n) is 15.9. The van der Waals surface area contributed by atoms with Gasteiger partial charge >= 0.3 is 0 Å². The van der Waals surface area contributed by atoms with Crippen molar-refractivity contribution in [2.24, 2.45) is 11.1 Å². The average Bonchev–Trinajstić information content (AvgIpc) is 3.61. The molecule has 4 fully saturated rings. The van der Waals surface area contributed by atoms with Gasteiger partial charge in [-0.05, 0) is 55.9 Å². The minimum Gasteiger partial charge on any atom is -0.341 e. The molecule has 2 aliphatic heterocycles. The van der Waals surface area contributed by atoms with E-state index < -0.39 is 5.54 Å². The van der Waals surface area contributed by atoms with Crippen molar-refractivity contribution in [3.63, 3.8) is 0 Å². The molecule has 0 aromatic heterocycles. The van der Waals surface area contributed by atoms with Gasteiger partial charge in [0.25, 0.3) is 0 Å². The molecule has 5 rings (SSSR count). The summed E-state index contributed by atoms with van der Waals surface area (Å²) in [6, 6.07) is 10.7. The van der Waals surface area contributed by atoms with Gasteiger partial charge in [0.05, 0.1) is 11.5 Å². The summed E-state index contributed by atoms with van der Waals surface area (Å²) in [5.41, 5.74) is 6.84. The number of nitrogens with two attached hydrogens (primary N) is 1. The molecule has 1 atom stereocenters. The monoisotopic (exact) mass is 367 g/mol. The topological polar surface area (TPSA) is 66.6 Å². The molecule has 144 valence electrons. The Kier molecular flexibility index (Phi) is 3.87. The van der Waals surface area contributed by atoms with Crippen LogP contribution < -0.4 is 5.73 Å². The van der Waals surface area contributed by atoms with Crippen LogP contribution >= 0.6 is 0 Å². The lowest BCUT2D eigenvalue weighted by Crippen LogP contribution is -2.57. The van der Waals surface area contributed by atoms with Gasteiger partial charge in [-0.25, -0.2) is 0 Å². The van der Waals surface area contributed by atoms with Crippen molar-refractivity contribution in [3.8, 4) is 0 Å². The third-order valence-electron chi connectivity index (χ3n) is 7.24. The van der Waals surface area contributed by atoms with E-state index in [1.165, 1.54) is 0 Å². The van der Waals surface area contributed by atoms with Crippen LogP contribution in [0.1, 0.15) is 56.4 Å². The van der Waals surface area contributed by atoms with Crippen LogP contribution in [0.15, 0.2) is 30.3 Å². The second-order valence-corrected chi connectivity index (χ2v) is 9.31. The molecule has 1 spiro atoms. The highest BCUT2D eigenvalue weighted by Crippen LogP contribution is 2.48. The Morgan fingerprint density at radius 3 is 2.30 bits per heavy atom. The summed E-state index contributed by atoms with van der Waals surface area (Å²) in [6.07, 6.45) is 6.81. The van der Waals surface area contributed by atoms with Crippen molar-refractivity contribution in [1.82, 2.24) is 9.80 Å². The maximum absolute atomic E-state index is 13.2. The Morgan fingerprint density at radius 2 is 1.70 bits per heavy atom. The van der Waals surface area contributed by atoms with Crippen LogP contribution in [-0.2, 0) is 9.59 Å². The highest BCUT2D eigenvalue weighted by atomic mass is 16.2. The van der Waals surface area contributed by atoms with Crippen LogP contribution in [0.3, 0.4) is 0 Å². The van der Waals surface area contributed by atoms with E-state index in [1.54, 1.807) is 0 Å². The number of piperidine rings is 2. The summed E-state index contributed by atoms with van der Waals surface area (Å²) in [6.45, 7) is 2.44. The van der Waals surface area contributed by atoms with Gasteiger partial charge in [0.15, 0.2) is 0 Å². The van der Waals surface area contributed by atoms with E-state index in [4.69, 9.17) is 5.73 Å². The number of hydrogen-bond acceptors (Lipinski definition) is 3. The third-order valence-corrected chi connectivity index (χ3v) is 7.24. The van der Waals surface area contributed by atoms with Gasteiger partial charge in [-0.2, -0.15) is 0 Å². The Morgan fingerprint density at radius 1 is 1.04 bits per heavy atom. The first-order chi connectivity index (χ1) is 13.0. The second-order valence-electron chi connectivity index (χ2n) is 9.31. The van der Waals surface area contributed by atoms with Gasteiger partial charge in [-0.3, -0.25) is 9.59 Å². The van der Waals surface area contributed by atoms with E-state index in [9.17, 15) is 9.59 Å². The van der Waals surface area contributed by atoms with Gasteiger partial charge in [0.1, 0.15) is 0 Å². The first-order valence-electron chi connectivity index (χ1n) is 10.4. The first-order valence-corrected chi connectivity index (χ1v) is 10.4. The molecule has 2 saturated heterocycles. The zero-order valence-corrected chi connectivity index (χ0v) is 15.9. The number of rotatable bonds is 3. The van der Waals surface area contributed by atoms with Gasteiger partial charge in [-0.1, -0.05) is 30.3 Å². The molecule has 2 heterocycles.